The van der Waals surface area contributed by atoms with Gasteiger partial charge in [0.2, 0.25) is 11.8 Å². The number of esters is 1. The minimum absolute atomic E-state index is 0.0270. The lowest BCUT2D eigenvalue weighted by molar-refractivity contribution is -0.154. The number of hydrogen-bond acceptors (Lipinski definition) is 5. The first-order chi connectivity index (χ1) is 14.4. The van der Waals surface area contributed by atoms with Gasteiger partial charge in [-0.25, -0.2) is 0 Å². The summed E-state index contributed by atoms with van der Waals surface area (Å²) in [6.45, 7) is 1.78. The third-order valence-corrected chi connectivity index (χ3v) is 7.27. The molecule has 7 heteroatoms. The van der Waals surface area contributed by atoms with Gasteiger partial charge in [0.05, 0.1) is 18.4 Å². The van der Waals surface area contributed by atoms with Crippen molar-refractivity contribution in [2.75, 3.05) is 0 Å². The normalized spacial score (nSPS) is 33.2. The highest BCUT2D eigenvalue weighted by atomic mass is 16.6. The summed E-state index contributed by atoms with van der Waals surface area (Å²) < 4.78 is 5.89. The largest absolute Gasteiger partial charge is 0.453 e. The minimum Gasteiger partial charge on any atom is -0.453 e. The molecule has 30 heavy (non-hydrogen) atoms. The topological polar surface area (TPSA) is 84.0 Å². The van der Waals surface area contributed by atoms with Crippen molar-refractivity contribution >= 4 is 23.6 Å². The molecule has 0 bridgehead atoms. The summed E-state index contributed by atoms with van der Waals surface area (Å²) >= 11 is 0. The second-order valence-corrected chi connectivity index (χ2v) is 9.04. The van der Waals surface area contributed by atoms with Gasteiger partial charge >= 0.3 is 5.97 Å². The highest BCUT2D eigenvalue weighted by molar-refractivity contribution is 6.02. The number of nitrogens with zero attached hydrogens (tertiary/aromatic N) is 2. The monoisotopic (exact) mass is 410 g/mol. The maximum Gasteiger partial charge on any atom is 0.307 e. The molecule has 3 saturated heterocycles. The first-order valence-corrected chi connectivity index (χ1v) is 10.8. The molecule has 2 amide bonds. The van der Waals surface area contributed by atoms with Crippen LogP contribution in [0.2, 0.25) is 0 Å². The molecule has 5 rings (SSSR count). The molecule has 0 unspecified atom stereocenters. The van der Waals surface area contributed by atoms with Crippen LogP contribution in [-0.2, 0) is 30.5 Å². The van der Waals surface area contributed by atoms with E-state index in [9.17, 15) is 19.2 Å². The van der Waals surface area contributed by atoms with Crippen molar-refractivity contribution in [3.05, 3.63) is 35.9 Å². The van der Waals surface area contributed by atoms with Crippen molar-refractivity contribution in [3.8, 4) is 0 Å². The average Bonchev–Trinajstić information content (AvgIpc) is 3.43. The summed E-state index contributed by atoms with van der Waals surface area (Å²) in [6, 6.07) is 8.14. The Morgan fingerprint density at radius 3 is 2.47 bits per heavy atom. The van der Waals surface area contributed by atoms with Gasteiger partial charge in [-0.1, -0.05) is 43.2 Å². The van der Waals surface area contributed by atoms with E-state index in [0.717, 1.165) is 31.2 Å². The Labute approximate surface area is 175 Å². The van der Waals surface area contributed by atoms with Gasteiger partial charge < -0.3 is 14.5 Å². The summed E-state index contributed by atoms with van der Waals surface area (Å²) in [6.07, 6.45) is 3.92. The molecule has 4 fully saturated rings. The van der Waals surface area contributed by atoms with Gasteiger partial charge in [0.1, 0.15) is 5.78 Å². The Morgan fingerprint density at radius 2 is 1.80 bits per heavy atom. The quantitative estimate of drug-likeness (QED) is 0.692. The van der Waals surface area contributed by atoms with Crippen molar-refractivity contribution in [1.29, 1.82) is 0 Å². The first-order valence-electron chi connectivity index (χ1n) is 10.8. The lowest BCUT2D eigenvalue weighted by Crippen LogP contribution is -2.53. The van der Waals surface area contributed by atoms with Gasteiger partial charge in [-0.3, -0.25) is 19.2 Å². The number of likely N-dealkylation sites (tertiary alicyclic amines) is 2. The second-order valence-electron chi connectivity index (χ2n) is 9.04. The molecule has 3 heterocycles. The number of carbonyl (C=O) groups is 4. The molecule has 1 aromatic carbocycles. The van der Waals surface area contributed by atoms with E-state index in [1.165, 1.54) is 6.92 Å². The van der Waals surface area contributed by atoms with E-state index in [2.05, 4.69) is 0 Å². The molecule has 1 aromatic rings. The van der Waals surface area contributed by atoms with Gasteiger partial charge in [-0.2, -0.15) is 0 Å². The summed E-state index contributed by atoms with van der Waals surface area (Å²) in [5.74, 6) is -1.62. The maximum absolute atomic E-state index is 13.8. The summed E-state index contributed by atoms with van der Waals surface area (Å²) in [5.41, 5.74) is -0.337. The van der Waals surface area contributed by atoms with Gasteiger partial charge in [-0.15, -0.1) is 0 Å². The van der Waals surface area contributed by atoms with Crippen LogP contribution in [0, 0.1) is 5.92 Å². The Morgan fingerprint density at radius 1 is 1.10 bits per heavy atom. The number of rotatable bonds is 5. The first kappa shape index (κ1) is 19.3. The SMILES string of the molecule is CC(=O)C[C@@H]1N(C2CCCC2)C(=O)[C@H]2N(Cc3ccccc3)C(=O)[C@@H]3CC(=O)O[C@@]132. The number of carbonyl (C=O) groups excluding carboxylic acids is 4. The van der Waals surface area contributed by atoms with E-state index in [-0.39, 0.29) is 43.0 Å². The standard InChI is InChI=1S/C23H26N2O5/c1-14(26)11-18-23-17(12-19(27)30-23)21(28)24(13-15-7-3-2-4-8-15)20(23)22(29)25(18)16-9-5-6-10-16/h2-4,7-8,16-18,20H,5-6,9-13H2,1H3/t17-,18-,20+,23+/m0/s1. The van der Waals surface area contributed by atoms with Crippen LogP contribution in [0.25, 0.3) is 0 Å². The number of ether oxygens (including phenoxy) is 1. The molecular weight excluding hydrogens is 384 g/mol. The van der Waals surface area contributed by atoms with Crippen molar-refractivity contribution in [2.24, 2.45) is 5.92 Å². The van der Waals surface area contributed by atoms with Crippen molar-refractivity contribution < 1.29 is 23.9 Å². The third-order valence-electron chi connectivity index (χ3n) is 7.27. The fraction of sp³-hybridized carbons (Fsp3) is 0.565. The lowest BCUT2D eigenvalue weighted by Gasteiger charge is -2.37. The smallest absolute Gasteiger partial charge is 0.307 e. The van der Waals surface area contributed by atoms with Gasteiger partial charge in [0, 0.05) is 19.0 Å². The molecule has 0 radical (unpaired) electrons. The molecule has 1 saturated carbocycles. The molecule has 3 aliphatic heterocycles. The Kier molecular flexibility index (Phi) is 4.45. The Balaban J connectivity index is 1.60. The van der Waals surface area contributed by atoms with Gasteiger partial charge in [0.25, 0.3) is 0 Å². The molecule has 4 atom stereocenters. The maximum atomic E-state index is 13.8. The predicted octanol–water partition coefficient (Wildman–Crippen LogP) is 1.83. The van der Waals surface area contributed by atoms with Crippen LogP contribution in [0.4, 0.5) is 0 Å². The second kappa shape index (κ2) is 6.93. The number of hydrogen-bond donors (Lipinski definition) is 0. The van der Waals surface area contributed by atoms with E-state index < -0.39 is 29.6 Å². The van der Waals surface area contributed by atoms with Crippen molar-refractivity contribution in [3.63, 3.8) is 0 Å². The Bertz CT molecular complexity index is 909. The molecule has 158 valence electrons. The lowest BCUT2D eigenvalue weighted by atomic mass is 9.79. The average molecular weight is 410 g/mol. The molecule has 0 aromatic heterocycles. The third kappa shape index (κ3) is 2.63. The fourth-order valence-corrected chi connectivity index (χ4v) is 6.15. The van der Waals surface area contributed by atoms with Crippen LogP contribution < -0.4 is 0 Å². The molecular formula is C23H26N2O5. The Hall–Kier alpha value is -2.70. The highest BCUT2D eigenvalue weighted by Crippen LogP contribution is 2.55. The number of benzene rings is 1. The fourth-order valence-electron chi connectivity index (χ4n) is 6.15. The summed E-state index contributed by atoms with van der Waals surface area (Å²) in [4.78, 5) is 55.1. The zero-order chi connectivity index (χ0) is 21.0. The van der Waals surface area contributed by atoms with E-state index >= 15 is 0 Å². The van der Waals surface area contributed by atoms with E-state index in [1.807, 2.05) is 35.2 Å². The molecule has 7 nitrogen and oxygen atoms in total. The summed E-state index contributed by atoms with van der Waals surface area (Å²) in [5, 5.41) is 0. The zero-order valence-electron chi connectivity index (χ0n) is 17.1. The predicted molar refractivity (Wildman–Crippen MR) is 106 cm³/mol. The van der Waals surface area contributed by atoms with Crippen molar-refractivity contribution in [1.82, 2.24) is 9.80 Å². The van der Waals surface area contributed by atoms with Crippen LogP contribution in [-0.4, -0.2) is 57.1 Å². The number of amides is 2. The highest BCUT2D eigenvalue weighted by Gasteiger charge is 2.77. The van der Waals surface area contributed by atoms with E-state index in [1.54, 1.807) is 4.90 Å². The van der Waals surface area contributed by atoms with E-state index in [0.29, 0.717) is 0 Å². The van der Waals surface area contributed by atoms with Crippen molar-refractivity contribution in [2.45, 2.75) is 75.7 Å². The van der Waals surface area contributed by atoms with Crippen LogP contribution in [0.5, 0.6) is 0 Å². The van der Waals surface area contributed by atoms with Crippen LogP contribution in [0.3, 0.4) is 0 Å². The minimum atomic E-state index is -1.26. The molecule has 4 aliphatic rings. The number of Topliss-reactive ketones (excluding diaryl/α,β-unsaturated/α-hetero) is 1. The van der Waals surface area contributed by atoms with Crippen LogP contribution >= 0.6 is 0 Å². The van der Waals surface area contributed by atoms with Crippen LogP contribution in [0.15, 0.2) is 30.3 Å². The molecule has 1 spiro atoms. The zero-order valence-corrected chi connectivity index (χ0v) is 17.1. The van der Waals surface area contributed by atoms with Gasteiger partial charge in [-0.05, 0) is 25.3 Å². The molecule has 0 N–H and O–H groups in total. The number of ketones is 1. The summed E-state index contributed by atoms with van der Waals surface area (Å²) in [7, 11) is 0. The van der Waals surface area contributed by atoms with Gasteiger partial charge in [0.15, 0.2) is 11.6 Å². The van der Waals surface area contributed by atoms with E-state index in [4.69, 9.17) is 4.74 Å². The van der Waals surface area contributed by atoms with Crippen LogP contribution in [0.1, 0.15) is 51.0 Å². The molecule has 1 aliphatic carbocycles.